The summed E-state index contributed by atoms with van der Waals surface area (Å²) in [4.78, 5) is 30.0. The topological polar surface area (TPSA) is 172 Å². The SMILES string of the molecule is O.O=C([O-])CC(O)(CC(=O)[O-])C(=O)[O-].[Cu]. The van der Waals surface area contributed by atoms with E-state index in [1.807, 2.05) is 0 Å². The van der Waals surface area contributed by atoms with Crippen LogP contribution < -0.4 is 15.3 Å². The molecule has 0 aliphatic rings. The molecule has 0 aliphatic heterocycles. The zero-order chi connectivity index (χ0) is 10.6. The molecule has 0 aromatic carbocycles. The molecule has 0 rings (SSSR count). The number of aliphatic hydroxyl groups is 1. The first-order valence-corrected chi connectivity index (χ1v) is 3.11. The Labute approximate surface area is 94.3 Å². The molecule has 93 valence electrons. The van der Waals surface area contributed by atoms with Gasteiger partial charge in [-0.1, -0.05) is 0 Å². The molecule has 0 atom stereocenters. The maximum absolute atomic E-state index is 10.1. The van der Waals surface area contributed by atoms with E-state index < -0.39 is 36.4 Å². The number of carbonyl (C=O) groups excluding carboxylic acids is 3. The van der Waals surface area contributed by atoms with E-state index in [0.717, 1.165) is 0 Å². The summed E-state index contributed by atoms with van der Waals surface area (Å²) in [6.45, 7) is 0. The molecule has 0 aliphatic carbocycles. The number of carboxylic acids is 3. The minimum absolute atomic E-state index is 0. The van der Waals surface area contributed by atoms with Gasteiger partial charge in [-0.25, -0.2) is 0 Å². The molecule has 0 amide bonds. The van der Waals surface area contributed by atoms with Crippen LogP contribution in [-0.2, 0) is 31.5 Å². The molecule has 0 spiro atoms. The average molecular weight is 271 g/mol. The average Bonchev–Trinajstić information content (AvgIpc) is 1.82. The number of hydrogen-bond acceptors (Lipinski definition) is 7. The summed E-state index contributed by atoms with van der Waals surface area (Å²) in [6.07, 6.45) is -2.72. The molecule has 3 N–H and O–H groups in total. The molecule has 0 fully saturated rings. The van der Waals surface area contributed by atoms with E-state index in [-0.39, 0.29) is 22.5 Å². The summed E-state index contributed by atoms with van der Waals surface area (Å²) in [5, 5.41) is 38.9. The van der Waals surface area contributed by atoms with Crippen molar-refractivity contribution in [2.75, 3.05) is 0 Å². The van der Waals surface area contributed by atoms with Gasteiger partial charge in [-0.3, -0.25) is 0 Å². The third-order valence-electron chi connectivity index (χ3n) is 1.25. The van der Waals surface area contributed by atoms with Crippen molar-refractivity contribution in [3.05, 3.63) is 0 Å². The summed E-state index contributed by atoms with van der Waals surface area (Å²) < 4.78 is 0. The second-order valence-corrected chi connectivity index (χ2v) is 2.42. The molecule has 9 heteroatoms. The molecule has 8 nitrogen and oxygen atoms in total. The van der Waals surface area contributed by atoms with Gasteiger partial charge in [0.1, 0.15) is 5.60 Å². The Bertz CT molecular complexity index is 234. The second-order valence-electron chi connectivity index (χ2n) is 2.42. The second kappa shape index (κ2) is 7.18. The van der Waals surface area contributed by atoms with E-state index in [1.165, 1.54) is 0 Å². The van der Waals surface area contributed by atoms with Crippen LogP contribution in [0.5, 0.6) is 0 Å². The maximum atomic E-state index is 10.1. The molecule has 15 heavy (non-hydrogen) atoms. The third-order valence-corrected chi connectivity index (χ3v) is 1.25. The van der Waals surface area contributed by atoms with Gasteiger partial charge in [0.2, 0.25) is 0 Å². The molecule has 0 aromatic rings. The molecule has 0 saturated heterocycles. The van der Waals surface area contributed by atoms with Gasteiger partial charge in [0.15, 0.2) is 0 Å². The summed E-state index contributed by atoms with van der Waals surface area (Å²) >= 11 is 0. The van der Waals surface area contributed by atoms with E-state index in [0.29, 0.717) is 0 Å². The van der Waals surface area contributed by atoms with Gasteiger partial charge in [-0.05, 0) is 0 Å². The van der Waals surface area contributed by atoms with Crippen LogP contribution in [0.3, 0.4) is 0 Å². The van der Waals surface area contributed by atoms with Gasteiger partial charge >= 0.3 is 0 Å². The Balaban J connectivity index is -0.000000720. The molecule has 0 bridgehead atoms. The molecule has 0 unspecified atom stereocenters. The molecule has 0 aromatic heterocycles. The van der Waals surface area contributed by atoms with Crippen LogP contribution in [-0.4, -0.2) is 34.1 Å². The van der Waals surface area contributed by atoms with Crippen molar-refractivity contribution in [1.29, 1.82) is 0 Å². The minimum Gasteiger partial charge on any atom is -0.550 e. The Morgan fingerprint density at radius 2 is 1.27 bits per heavy atom. The summed E-state index contributed by atoms with van der Waals surface area (Å²) in [5.41, 5.74) is -2.97. The fraction of sp³-hybridized carbons (Fsp3) is 0.500. The predicted molar refractivity (Wildman–Crippen MR) is 32.8 cm³/mol. The fourth-order valence-electron chi connectivity index (χ4n) is 0.684. The Hall–Kier alpha value is -1.15. The van der Waals surface area contributed by atoms with Crippen LogP contribution in [0.2, 0.25) is 0 Å². The van der Waals surface area contributed by atoms with Crippen molar-refractivity contribution in [2.24, 2.45) is 0 Å². The van der Waals surface area contributed by atoms with Crippen LogP contribution in [0, 0.1) is 0 Å². The van der Waals surface area contributed by atoms with E-state index in [9.17, 15) is 29.7 Å². The van der Waals surface area contributed by atoms with Crippen LogP contribution in [0.25, 0.3) is 0 Å². The van der Waals surface area contributed by atoms with Crippen LogP contribution >= 0.6 is 0 Å². The number of rotatable bonds is 5. The Morgan fingerprint density at radius 3 is 1.40 bits per heavy atom. The smallest absolute Gasteiger partial charge is 0.114 e. The van der Waals surface area contributed by atoms with Gasteiger partial charge < -0.3 is 40.3 Å². The molecular formula is C6H7CuO8-3. The zero-order valence-corrected chi connectivity index (χ0v) is 8.05. The molecular weight excluding hydrogens is 264 g/mol. The van der Waals surface area contributed by atoms with E-state index in [4.69, 9.17) is 5.11 Å². The van der Waals surface area contributed by atoms with Crippen molar-refractivity contribution in [3.63, 3.8) is 0 Å². The molecule has 0 saturated carbocycles. The maximum Gasteiger partial charge on any atom is 0.114 e. The summed E-state index contributed by atoms with van der Waals surface area (Å²) in [6, 6.07) is 0. The van der Waals surface area contributed by atoms with Crippen molar-refractivity contribution in [3.8, 4) is 0 Å². The van der Waals surface area contributed by atoms with Crippen LogP contribution in [0.15, 0.2) is 0 Å². The van der Waals surface area contributed by atoms with E-state index >= 15 is 0 Å². The first kappa shape index (κ1) is 19.4. The number of aliphatic carboxylic acids is 3. The largest absolute Gasteiger partial charge is 0.550 e. The van der Waals surface area contributed by atoms with Crippen molar-refractivity contribution in [1.82, 2.24) is 0 Å². The fourth-order valence-corrected chi connectivity index (χ4v) is 0.684. The van der Waals surface area contributed by atoms with Crippen molar-refractivity contribution < 1.29 is 57.4 Å². The van der Waals surface area contributed by atoms with Crippen LogP contribution in [0.1, 0.15) is 12.8 Å². The van der Waals surface area contributed by atoms with Crippen molar-refractivity contribution >= 4 is 17.9 Å². The molecule has 1 radical (unpaired) electrons. The number of carboxylic acid groups (broad SMARTS) is 3. The van der Waals surface area contributed by atoms with Gasteiger partial charge in [-0.2, -0.15) is 0 Å². The summed E-state index contributed by atoms with van der Waals surface area (Å²) in [7, 11) is 0. The van der Waals surface area contributed by atoms with Crippen LogP contribution in [0.4, 0.5) is 0 Å². The zero-order valence-electron chi connectivity index (χ0n) is 7.11. The predicted octanol–water partition coefficient (Wildman–Crippen LogP) is -6.08. The summed E-state index contributed by atoms with van der Waals surface area (Å²) in [5.74, 6) is -5.98. The number of carbonyl (C=O) groups is 3. The van der Waals surface area contributed by atoms with Gasteiger partial charge in [-0.15, -0.1) is 0 Å². The normalized spacial score (nSPS) is 9.40. The van der Waals surface area contributed by atoms with Crippen molar-refractivity contribution in [2.45, 2.75) is 18.4 Å². The Kier molecular flexibility index (Phi) is 9.30. The van der Waals surface area contributed by atoms with Gasteiger partial charge in [0, 0.05) is 41.8 Å². The van der Waals surface area contributed by atoms with Gasteiger partial charge in [0.05, 0.1) is 5.97 Å². The Morgan fingerprint density at radius 1 is 1.00 bits per heavy atom. The number of hydrogen-bond donors (Lipinski definition) is 1. The van der Waals surface area contributed by atoms with E-state index in [2.05, 4.69) is 0 Å². The third kappa shape index (κ3) is 6.86. The van der Waals surface area contributed by atoms with Gasteiger partial charge in [0.25, 0.3) is 0 Å². The monoisotopic (exact) mass is 270 g/mol. The molecule has 0 heterocycles. The van der Waals surface area contributed by atoms with E-state index in [1.54, 1.807) is 0 Å². The quantitative estimate of drug-likeness (QED) is 0.484. The minimum atomic E-state index is -2.97. The standard InChI is InChI=1S/C6H8O7.Cu.H2O/c7-3(8)1-6(13,5(11)12)2-4(9)10;;/h13H,1-2H2,(H,7,8)(H,9,10)(H,11,12);;1H2/p-3. The first-order valence-electron chi connectivity index (χ1n) is 3.11. The first-order chi connectivity index (χ1) is 5.78.